The first-order valence-electron chi connectivity index (χ1n) is 9.42. The third-order valence-corrected chi connectivity index (χ3v) is 4.72. The number of rotatable bonds is 7. The molecule has 0 fully saturated rings. The first-order valence-corrected chi connectivity index (χ1v) is 9.42. The lowest BCUT2D eigenvalue weighted by Crippen LogP contribution is -2.48. The van der Waals surface area contributed by atoms with E-state index in [4.69, 9.17) is 14.2 Å². The summed E-state index contributed by atoms with van der Waals surface area (Å²) < 4.78 is 30.3. The minimum Gasteiger partial charge on any atom is -0.496 e. The summed E-state index contributed by atoms with van der Waals surface area (Å²) in [4.78, 5) is 26.8. The Morgan fingerprint density at radius 3 is 2.47 bits per heavy atom. The van der Waals surface area contributed by atoms with Gasteiger partial charge in [0.15, 0.2) is 11.6 Å². The highest BCUT2D eigenvalue weighted by atomic mass is 19.1. The highest BCUT2D eigenvalue weighted by Crippen LogP contribution is 2.35. The van der Waals surface area contributed by atoms with Gasteiger partial charge in [0.25, 0.3) is 0 Å². The summed E-state index contributed by atoms with van der Waals surface area (Å²) in [5.74, 6) is -0.627. The van der Waals surface area contributed by atoms with Crippen LogP contribution in [0.1, 0.15) is 18.5 Å². The summed E-state index contributed by atoms with van der Waals surface area (Å²) in [6, 6.07) is 11.7. The molecule has 0 saturated carbocycles. The quantitative estimate of drug-likeness (QED) is 0.703. The van der Waals surface area contributed by atoms with Gasteiger partial charge in [0, 0.05) is 12.6 Å². The second-order valence-corrected chi connectivity index (χ2v) is 6.48. The number of hydrogen-bond donors (Lipinski definition) is 1. The van der Waals surface area contributed by atoms with Gasteiger partial charge in [-0.15, -0.1) is 0 Å². The summed E-state index contributed by atoms with van der Waals surface area (Å²) >= 11 is 0. The number of nitrogens with zero attached hydrogens (tertiary/aromatic N) is 1. The molecule has 7 nitrogen and oxygen atoms in total. The maximum Gasteiger partial charge on any atom is 0.338 e. The molecule has 30 heavy (non-hydrogen) atoms. The molecule has 1 N–H and O–H groups in total. The van der Waals surface area contributed by atoms with Crippen LogP contribution in [0.25, 0.3) is 0 Å². The molecule has 0 unspecified atom stereocenters. The summed E-state index contributed by atoms with van der Waals surface area (Å²) in [6.45, 7) is 1.64. The van der Waals surface area contributed by atoms with Crippen molar-refractivity contribution in [2.45, 2.75) is 13.0 Å². The number of methoxy groups -OCH3 is 1. The molecule has 2 aromatic carbocycles. The first kappa shape index (κ1) is 21.2. The fraction of sp³-hybridized carbons (Fsp3) is 0.273. The fourth-order valence-corrected chi connectivity index (χ4v) is 3.23. The van der Waals surface area contributed by atoms with Gasteiger partial charge < -0.3 is 19.5 Å². The number of nitrogens with one attached hydrogen (secondary N) is 1. The highest BCUT2D eigenvalue weighted by molar-refractivity contribution is 5.95. The van der Waals surface area contributed by atoms with E-state index in [1.807, 2.05) is 0 Å². The molecule has 1 aliphatic rings. The molecule has 0 aliphatic carbocycles. The van der Waals surface area contributed by atoms with E-state index in [2.05, 4.69) is 5.32 Å². The van der Waals surface area contributed by atoms with E-state index >= 15 is 0 Å². The third kappa shape index (κ3) is 4.22. The molecule has 0 radical (unpaired) electrons. The van der Waals surface area contributed by atoms with Gasteiger partial charge in [-0.2, -0.15) is 0 Å². The number of benzene rings is 2. The van der Waals surface area contributed by atoms with Crippen molar-refractivity contribution in [1.82, 2.24) is 10.2 Å². The lowest BCUT2D eigenvalue weighted by Gasteiger charge is -2.34. The number of hydrogen-bond acceptors (Lipinski definition) is 5. The lowest BCUT2D eigenvalue weighted by molar-refractivity contribution is -0.139. The van der Waals surface area contributed by atoms with Crippen LogP contribution in [-0.4, -0.2) is 44.3 Å². The molecule has 0 aromatic heterocycles. The Bertz CT molecular complexity index is 976. The molecule has 158 valence electrons. The van der Waals surface area contributed by atoms with Gasteiger partial charge >= 0.3 is 12.0 Å². The second kappa shape index (κ2) is 9.30. The Balaban J connectivity index is 2.08. The van der Waals surface area contributed by atoms with Crippen LogP contribution in [-0.2, 0) is 9.53 Å². The van der Waals surface area contributed by atoms with Crippen LogP contribution < -0.4 is 14.8 Å². The van der Waals surface area contributed by atoms with Gasteiger partial charge in [-0.05, 0) is 25.1 Å². The molecule has 2 aromatic rings. The van der Waals surface area contributed by atoms with Gasteiger partial charge in [-0.25, -0.2) is 14.0 Å². The van der Waals surface area contributed by atoms with Crippen molar-refractivity contribution in [3.63, 3.8) is 0 Å². The Kier molecular flexibility index (Phi) is 6.56. The van der Waals surface area contributed by atoms with Crippen LogP contribution in [0.2, 0.25) is 0 Å². The number of ether oxygens (including phenoxy) is 3. The second-order valence-electron chi connectivity index (χ2n) is 6.48. The number of halogens is 1. The maximum absolute atomic E-state index is 14.0. The monoisotopic (exact) mass is 414 g/mol. The zero-order chi connectivity index (χ0) is 21.7. The number of amides is 2. The Morgan fingerprint density at radius 2 is 1.80 bits per heavy atom. The SMILES string of the molecule is CCOC(=O)C1=C(COc2ccccc2F)N(C)C(=O)N[C@@H]1c1ccccc1OC. The van der Waals surface area contributed by atoms with Crippen molar-refractivity contribution >= 4 is 12.0 Å². The minimum atomic E-state index is -0.817. The van der Waals surface area contributed by atoms with Gasteiger partial charge in [0.05, 0.1) is 31.0 Å². The number of urea groups is 1. The van der Waals surface area contributed by atoms with Crippen molar-refractivity contribution < 1.29 is 28.2 Å². The predicted molar refractivity (Wildman–Crippen MR) is 108 cm³/mol. The molecule has 1 heterocycles. The predicted octanol–water partition coefficient (Wildman–Crippen LogP) is 3.43. The standard InChI is InChI=1S/C22H23FN2O5/c1-4-29-21(26)19-16(13-30-18-12-8-6-10-15(18)23)25(2)22(27)24-20(19)14-9-5-7-11-17(14)28-3/h5-12,20H,4,13H2,1-3H3,(H,24,27)/t20-/m1/s1. The number of carbonyl (C=O) groups is 2. The lowest BCUT2D eigenvalue weighted by atomic mass is 9.94. The van der Waals surface area contributed by atoms with Gasteiger partial charge in [0.2, 0.25) is 0 Å². The summed E-state index contributed by atoms with van der Waals surface area (Å²) in [7, 11) is 3.01. The maximum atomic E-state index is 14.0. The van der Waals surface area contributed by atoms with Gasteiger partial charge in [0.1, 0.15) is 12.4 Å². The van der Waals surface area contributed by atoms with Crippen LogP contribution in [0.15, 0.2) is 59.8 Å². The number of para-hydroxylation sites is 2. The Morgan fingerprint density at radius 1 is 1.13 bits per heavy atom. The molecule has 0 bridgehead atoms. The van der Waals surface area contributed by atoms with E-state index in [0.29, 0.717) is 11.3 Å². The summed E-state index contributed by atoms with van der Waals surface area (Å²) in [6.07, 6.45) is 0. The van der Waals surface area contributed by atoms with Crippen LogP contribution in [0.3, 0.4) is 0 Å². The average Bonchev–Trinajstić information content (AvgIpc) is 2.75. The van der Waals surface area contributed by atoms with E-state index in [1.54, 1.807) is 43.3 Å². The largest absolute Gasteiger partial charge is 0.496 e. The molecule has 2 amide bonds. The molecule has 0 saturated heterocycles. The van der Waals surface area contributed by atoms with E-state index in [-0.39, 0.29) is 30.2 Å². The highest BCUT2D eigenvalue weighted by Gasteiger charge is 2.38. The topological polar surface area (TPSA) is 77.1 Å². The fourth-order valence-electron chi connectivity index (χ4n) is 3.23. The van der Waals surface area contributed by atoms with Crippen molar-refractivity contribution in [3.8, 4) is 11.5 Å². The molecule has 8 heteroatoms. The van der Waals surface area contributed by atoms with Crippen LogP contribution in [0.5, 0.6) is 11.5 Å². The van der Waals surface area contributed by atoms with Crippen molar-refractivity contribution in [2.24, 2.45) is 0 Å². The molecular formula is C22H23FN2O5. The third-order valence-electron chi connectivity index (χ3n) is 4.72. The Hall–Kier alpha value is -3.55. The molecule has 1 aliphatic heterocycles. The molecule has 3 rings (SSSR count). The van der Waals surface area contributed by atoms with Gasteiger partial charge in [-0.3, -0.25) is 4.90 Å². The minimum absolute atomic E-state index is 0.0152. The molecule has 0 spiro atoms. The van der Waals surface area contributed by atoms with Crippen molar-refractivity contribution in [2.75, 3.05) is 27.4 Å². The first-order chi connectivity index (χ1) is 14.5. The summed E-state index contributed by atoms with van der Waals surface area (Å²) in [5.41, 5.74) is 1.06. The zero-order valence-electron chi connectivity index (χ0n) is 17.0. The Labute approximate surface area is 174 Å². The number of esters is 1. The van der Waals surface area contributed by atoms with Crippen LogP contribution >= 0.6 is 0 Å². The smallest absolute Gasteiger partial charge is 0.338 e. The van der Waals surface area contributed by atoms with Crippen LogP contribution in [0.4, 0.5) is 9.18 Å². The zero-order valence-corrected chi connectivity index (χ0v) is 17.0. The summed E-state index contributed by atoms with van der Waals surface area (Å²) in [5, 5.41) is 2.80. The normalized spacial score (nSPS) is 16.2. The molecule has 1 atom stereocenters. The van der Waals surface area contributed by atoms with Crippen molar-refractivity contribution in [1.29, 1.82) is 0 Å². The van der Waals surface area contributed by atoms with E-state index < -0.39 is 23.9 Å². The molecular weight excluding hydrogens is 391 g/mol. The van der Waals surface area contributed by atoms with E-state index in [9.17, 15) is 14.0 Å². The number of likely N-dealkylation sites (N-methyl/N-ethyl adjacent to an activating group) is 1. The van der Waals surface area contributed by atoms with Crippen molar-refractivity contribution in [3.05, 3.63) is 71.2 Å². The number of carbonyl (C=O) groups excluding carboxylic acids is 2. The van der Waals surface area contributed by atoms with E-state index in [0.717, 1.165) is 0 Å². The van der Waals surface area contributed by atoms with E-state index in [1.165, 1.54) is 31.2 Å². The van der Waals surface area contributed by atoms with Gasteiger partial charge in [-0.1, -0.05) is 30.3 Å². The van der Waals surface area contributed by atoms with Crippen LogP contribution in [0, 0.1) is 5.82 Å². The average molecular weight is 414 g/mol.